The molecule has 3 N–H and O–H groups in total. The van der Waals surface area contributed by atoms with E-state index in [0.29, 0.717) is 18.4 Å². The predicted octanol–water partition coefficient (Wildman–Crippen LogP) is 1.25. The third-order valence-electron chi connectivity index (χ3n) is 2.17. The van der Waals surface area contributed by atoms with Crippen molar-refractivity contribution in [1.82, 2.24) is 9.97 Å². The number of aromatic nitrogens is 2. The second-order valence-corrected chi connectivity index (χ2v) is 4.24. The van der Waals surface area contributed by atoms with Crippen molar-refractivity contribution >= 4 is 11.9 Å². The Hall–Kier alpha value is -1.85. The molecular formula is C12H20N4O2. The summed E-state index contributed by atoms with van der Waals surface area (Å²) in [4.78, 5) is 19.2. The molecule has 1 aromatic heterocycles. The fraction of sp³-hybridized carbons (Fsp3) is 0.583. The first kappa shape index (κ1) is 14.2. The Morgan fingerprint density at radius 1 is 1.56 bits per heavy atom. The molecule has 6 heteroatoms. The number of primary amides is 1. The first-order valence-corrected chi connectivity index (χ1v) is 6.04. The summed E-state index contributed by atoms with van der Waals surface area (Å²) in [6.45, 7) is 6.36. The molecule has 0 aliphatic rings. The Morgan fingerprint density at radius 2 is 2.28 bits per heavy atom. The fourth-order valence-corrected chi connectivity index (χ4v) is 1.46. The molecule has 100 valence electrons. The molecule has 18 heavy (non-hydrogen) atoms. The molecule has 0 spiro atoms. The van der Waals surface area contributed by atoms with Gasteiger partial charge in [0.25, 0.3) is 0 Å². The van der Waals surface area contributed by atoms with Gasteiger partial charge >= 0.3 is 0 Å². The van der Waals surface area contributed by atoms with E-state index in [1.807, 2.05) is 20.8 Å². The predicted molar refractivity (Wildman–Crippen MR) is 69.5 cm³/mol. The van der Waals surface area contributed by atoms with E-state index >= 15 is 0 Å². The largest absolute Gasteiger partial charge is 0.478 e. The summed E-state index contributed by atoms with van der Waals surface area (Å²) in [5, 5.41) is 3.03. The molecule has 0 aliphatic heterocycles. The van der Waals surface area contributed by atoms with Gasteiger partial charge in [-0.2, -0.15) is 4.98 Å². The van der Waals surface area contributed by atoms with E-state index in [-0.39, 0.29) is 18.4 Å². The van der Waals surface area contributed by atoms with Gasteiger partial charge in [-0.3, -0.25) is 4.79 Å². The fourth-order valence-electron chi connectivity index (χ4n) is 1.46. The number of carbonyl (C=O) groups is 1. The van der Waals surface area contributed by atoms with Gasteiger partial charge in [0.2, 0.25) is 17.7 Å². The standard InChI is InChI=1S/C12H20N4O2/c1-4-5-18-11-7-9(3)15-12(16-11)14-8(2)6-10(13)17/h7-8H,4-6H2,1-3H3,(H2,13,17)(H,14,15,16). The Labute approximate surface area is 107 Å². The molecule has 0 aromatic carbocycles. The molecule has 1 rings (SSSR count). The highest BCUT2D eigenvalue weighted by atomic mass is 16.5. The van der Waals surface area contributed by atoms with Gasteiger partial charge in [-0.25, -0.2) is 4.98 Å². The second-order valence-electron chi connectivity index (χ2n) is 4.24. The maximum absolute atomic E-state index is 10.8. The molecule has 1 heterocycles. The van der Waals surface area contributed by atoms with Crippen LogP contribution in [0.1, 0.15) is 32.4 Å². The van der Waals surface area contributed by atoms with Crippen LogP contribution in [-0.2, 0) is 4.79 Å². The number of aryl methyl sites for hydroxylation is 1. The summed E-state index contributed by atoms with van der Waals surface area (Å²) in [5.74, 6) is 0.637. The van der Waals surface area contributed by atoms with E-state index in [1.165, 1.54) is 0 Å². The Morgan fingerprint density at radius 3 is 2.89 bits per heavy atom. The van der Waals surface area contributed by atoms with Gasteiger partial charge in [0, 0.05) is 24.2 Å². The Balaban J connectivity index is 2.69. The summed E-state index contributed by atoms with van der Waals surface area (Å²) < 4.78 is 5.46. The molecule has 0 aliphatic carbocycles. The zero-order chi connectivity index (χ0) is 13.5. The summed E-state index contributed by atoms with van der Waals surface area (Å²) in [6, 6.07) is 1.67. The Kier molecular flexibility index (Phi) is 5.35. The summed E-state index contributed by atoms with van der Waals surface area (Å²) >= 11 is 0. The van der Waals surface area contributed by atoms with Crippen LogP contribution >= 0.6 is 0 Å². The minimum Gasteiger partial charge on any atom is -0.478 e. The van der Waals surface area contributed by atoms with Crippen LogP contribution in [0.4, 0.5) is 5.95 Å². The molecule has 0 saturated heterocycles. The number of rotatable bonds is 7. The van der Waals surface area contributed by atoms with Gasteiger partial charge in [0.15, 0.2) is 0 Å². The van der Waals surface area contributed by atoms with Crippen LogP contribution in [0.5, 0.6) is 5.88 Å². The van der Waals surface area contributed by atoms with Gasteiger partial charge in [-0.15, -0.1) is 0 Å². The number of anilines is 1. The number of hydrogen-bond acceptors (Lipinski definition) is 5. The van der Waals surface area contributed by atoms with E-state index in [2.05, 4.69) is 15.3 Å². The average Bonchev–Trinajstić information content (AvgIpc) is 2.24. The van der Waals surface area contributed by atoms with Gasteiger partial charge in [0.05, 0.1) is 6.61 Å². The van der Waals surface area contributed by atoms with Crippen molar-refractivity contribution in [3.8, 4) is 5.88 Å². The maximum Gasteiger partial charge on any atom is 0.226 e. The molecule has 0 saturated carbocycles. The van der Waals surface area contributed by atoms with Crippen LogP contribution < -0.4 is 15.8 Å². The number of nitrogens with one attached hydrogen (secondary N) is 1. The van der Waals surface area contributed by atoms with E-state index in [9.17, 15) is 4.79 Å². The summed E-state index contributed by atoms with van der Waals surface area (Å²) in [5.41, 5.74) is 5.94. The van der Waals surface area contributed by atoms with Crippen molar-refractivity contribution in [2.24, 2.45) is 5.73 Å². The molecule has 0 fully saturated rings. The minimum absolute atomic E-state index is 0.108. The smallest absolute Gasteiger partial charge is 0.226 e. The zero-order valence-electron chi connectivity index (χ0n) is 11.1. The highest BCUT2D eigenvalue weighted by Gasteiger charge is 2.09. The molecular weight excluding hydrogens is 232 g/mol. The van der Waals surface area contributed by atoms with Gasteiger partial charge in [-0.05, 0) is 20.3 Å². The van der Waals surface area contributed by atoms with E-state index in [0.717, 1.165) is 12.1 Å². The summed E-state index contributed by atoms with van der Waals surface area (Å²) in [6.07, 6.45) is 1.16. The first-order valence-electron chi connectivity index (χ1n) is 6.04. The molecule has 1 aromatic rings. The number of hydrogen-bond donors (Lipinski definition) is 2. The van der Waals surface area contributed by atoms with Crippen LogP contribution in [0.25, 0.3) is 0 Å². The lowest BCUT2D eigenvalue weighted by molar-refractivity contribution is -0.118. The van der Waals surface area contributed by atoms with Crippen LogP contribution in [-0.4, -0.2) is 28.5 Å². The van der Waals surface area contributed by atoms with E-state index in [4.69, 9.17) is 10.5 Å². The Bertz CT molecular complexity index is 409. The van der Waals surface area contributed by atoms with Crippen LogP contribution in [0.3, 0.4) is 0 Å². The molecule has 6 nitrogen and oxygen atoms in total. The van der Waals surface area contributed by atoms with E-state index < -0.39 is 0 Å². The number of nitrogens with two attached hydrogens (primary N) is 1. The van der Waals surface area contributed by atoms with Gasteiger partial charge in [0.1, 0.15) is 0 Å². The van der Waals surface area contributed by atoms with Crippen molar-refractivity contribution in [3.63, 3.8) is 0 Å². The third-order valence-corrected chi connectivity index (χ3v) is 2.17. The van der Waals surface area contributed by atoms with Gasteiger partial charge in [-0.1, -0.05) is 6.92 Å². The average molecular weight is 252 g/mol. The molecule has 1 amide bonds. The van der Waals surface area contributed by atoms with E-state index in [1.54, 1.807) is 6.07 Å². The van der Waals surface area contributed by atoms with Crippen LogP contribution in [0, 0.1) is 6.92 Å². The van der Waals surface area contributed by atoms with Crippen molar-refractivity contribution in [2.75, 3.05) is 11.9 Å². The second kappa shape index (κ2) is 6.78. The van der Waals surface area contributed by atoms with Crippen molar-refractivity contribution < 1.29 is 9.53 Å². The number of ether oxygens (including phenoxy) is 1. The highest BCUT2D eigenvalue weighted by Crippen LogP contribution is 2.13. The summed E-state index contributed by atoms with van der Waals surface area (Å²) in [7, 11) is 0. The lowest BCUT2D eigenvalue weighted by Gasteiger charge is -2.13. The third kappa shape index (κ3) is 4.99. The van der Waals surface area contributed by atoms with Gasteiger partial charge < -0.3 is 15.8 Å². The molecule has 0 radical (unpaired) electrons. The molecule has 1 atom stereocenters. The quantitative estimate of drug-likeness (QED) is 0.762. The molecule has 0 bridgehead atoms. The topological polar surface area (TPSA) is 90.1 Å². The number of amides is 1. The lowest BCUT2D eigenvalue weighted by atomic mass is 10.2. The van der Waals surface area contributed by atoms with Crippen molar-refractivity contribution in [1.29, 1.82) is 0 Å². The number of carbonyl (C=O) groups excluding carboxylic acids is 1. The molecule has 1 unspecified atom stereocenters. The maximum atomic E-state index is 10.8. The first-order chi connectivity index (χ1) is 8.51. The zero-order valence-corrected chi connectivity index (χ0v) is 11.1. The SMILES string of the molecule is CCCOc1cc(C)nc(NC(C)CC(N)=O)n1. The number of nitrogens with zero attached hydrogens (tertiary/aromatic N) is 2. The van der Waals surface area contributed by atoms with Crippen LogP contribution in [0.2, 0.25) is 0 Å². The van der Waals surface area contributed by atoms with Crippen LogP contribution in [0.15, 0.2) is 6.07 Å². The van der Waals surface area contributed by atoms with Crippen molar-refractivity contribution in [3.05, 3.63) is 11.8 Å². The lowest BCUT2D eigenvalue weighted by Crippen LogP contribution is -2.25. The normalized spacial score (nSPS) is 11.9. The minimum atomic E-state index is -0.356. The van der Waals surface area contributed by atoms with Crippen molar-refractivity contribution in [2.45, 2.75) is 39.7 Å². The highest BCUT2D eigenvalue weighted by molar-refractivity contribution is 5.74. The monoisotopic (exact) mass is 252 g/mol.